The Bertz CT molecular complexity index is 388. The zero-order chi connectivity index (χ0) is 12.0. The molecular weight excluding hydrogens is 196 g/mol. The molecule has 1 aliphatic rings. The Morgan fingerprint density at radius 1 is 1.19 bits per heavy atom. The van der Waals surface area contributed by atoms with Gasteiger partial charge in [-0.25, -0.2) is 5.43 Å². The van der Waals surface area contributed by atoms with Crippen molar-refractivity contribution in [2.45, 2.75) is 52.1 Å². The van der Waals surface area contributed by atoms with Gasteiger partial charge in [-0.1, -0.05) is 18.2 Å². The number of hydrogen-bond acceptors (Lipinski definition) is 2. The number of rotatable bonds is 1. The van der Waals surface area contributed by atoms with Crippen LogP contribution in [0.2, 0.25) is 0 Å². The fourth-order valence-electron chi connectivity index (χ4n) is 2.30. The third kappa shape index (κ3) is 2.07. The maximum absolute atomic E-state index is 3.60. The molecule has 0 radical (unpaired) electrons. The third-order valence-electron chi connectivity index (χ3n) is 2.91. The van der Waals surface area contributed by atoms with Crippen molar-refractivity contribution in [2.24, 2.45) is 0 Å². The smallest absolute Gasteiger partial charge is 0.0559 e. The molecule has 1 aromatic carbocycles. The number of fused-ring (bicyclic) bond motifs is 1. The van der Waals surface area contributed by atoms with Crippen molar-refractivity contribution in [1.82, 2.24) is 5.43 Å². The summed E-state index contributed by atoms with van der Waals surface area (Å²) in [5.74, 6) is 0. The molecule has 16 heavy (non-hydrogen) atoms. The number of nitrogens with zero attached hydrogens (tertiary/aromatic N) is 1. The van der Waals surface area contributed by atoms with Crippen LogP contribution in [0.15, 0.2) is 24.3 Å². The molecule has 2 rings (SSSR count). The second kappa shape index (κ2) is 3.49. The fourth-order valence-corrected chi connectivity index (χ4v) is 2.30. The molecule has 0 saturated heterocycles. The molecule has 1 heterocycles. The zero-order valence-corrected chi connectivity index (χ0v) is 11.0. The lowest BCUT2D eigenvalue weighted by atomic mass is 10.00. The van der Waals surface area contributed by atoms with E-state index in [0.29, 0.717) is 0 Å². The van der Waals surface area contributed by atoms with Crippen molar-refractivity contribution in [3.05, 3.63) is 29.8 Å². The molecule has 0 spiro atoms. The summed E-state index contributed by atoms with van der Waals surface area (Å²) >= 11 is 0. The Hall–Kier alpha value is -1.02. The van der Waals surface area contributed by atoms with Gasteiger partial charge in [0.25, 0.3) is 0 Å². The van der Waals surface area contributed by atoms with E-state index in [1.165, 1.54) is 11.3 Å². The van der Waals surface area contributed by atoms with Crippen molar-refractivity contribution in [3.63, 3.8) is 0 Å². The van der Waals surface area contributed by atoms with E-state index < -0.39 is 0 Å². The average molecular weight is 218 g/mol. The lowest BCUT2D eigenvalue weighted by Gasteiger charge is -2.39. The summed E-state index contributed by atoms with van der Waals surface area (Å²) in [6, 6.07) is 8.65. The zero-order valence-electron chi connectivity index (χ0n) is 11.0. The lowest BCUT2D eigenvalue weighted by Crippen LogP contribution is -2.57. The maximum atomic E-state index is 3.60. The van der Waals surface area contributed by atoms with Gasteiger partial charge in [0, 0.05) is 5.54 Å². The van der Waals surface area contributed by atoms with Gasteiger partial charge >= 0.3 is 0 Å². The molecular formula is C14H22N2. The van der Waals surface area contributed by atoms with Crippen LogP contribution < -0.4 is 10.4 Å². The van der Waals surface area contributed by atoms with Crippen molar-refractivity contribution < 1.29 is 0 Å². The van der Waals surface area contributed by atoms with Gasteiger partial charge in [-0.15, -0.1) is 0 Å². The third-order valence-corrected chi connectivity index (χ3v) is 2.91. The summed E-state index contributed by atoms with van der Waals surface area (Å²) in [5.41, 5.74) is 6.60. The van der Waals surface area contributed by atoms with E-state index >= 15 is 0 Å². The highest BCUT2D eigenvalue weighted by Crippen LogP contribution is 2.37. The van der Waals surface area contributed by atoms with Crippen LogP contribution in [0, 0.1) is 0 Å². The molecule has 0 amide bonds. The summed E-state index contributed by atoms with van der Waals surface area (Å²) in [7, 11) is 0. The van der Waals surface area contributed by atoms with Crippen molar-refractivity contribution in [2.75, 3.05) is 5.01 Å². The number of hydrazine groups is 1. The summed E-state index contributed by atoms with van der Waals surface area (Å²) < 4.78 is 0. The van der Waals surface area contributed by atoms with Crippen molar-refractivity contribution in [3.8, 4) is 0 Å². The normalized spacial score (nSPS) is 18.7. The number of para-hydroxylation sites is 1. The summed E-state index contributed by atoms with van der Waals surface area (Å²) in [4.78, 5) is 0. The summed E-state index contributed by atoms with van der Waals surface area (Å²) in [6.07, 6.45) is 1.10. The number of anilines is 1. The molecule has 88 valence electrons. The Morgan fingerprint density at radius 2 is 1.81 bits per heavy atom. The average Bonchev–Trinajstić information content (AvgIpc) is 2.36. The first-order valence-corrected chi connectivity index (χ1v) is 5.96. The Morgan fingerprint density at radius 3 is 2.44 bits per heavy atom. The second-order valence-electron chi connectivity index (χ2n) is 6.32. The SMILES string of the molecule is CC(C)(C)NN1c2ccccc2CC1(C)C. The molecule has 0 atom stereocenters. The molecule has 1 aromatic rings. The minimum atomic E-state index is 0.0920. The first kappa shape index (κ1) is 11.5. The Kier molecular flexibility index (Phi) is 2.50. The van der Waals surface area contributed by atoms with Crippen molar-refractivity contribution in [1.29, 1.82) is 0 Å². The molecule has 0 aliphatic carbocycles. The molecule has 0 fully saturated rings. The molecule has 0 bridgehead atoms. The molecule has 1 N–H and O–H groups in total. The van der Waals surface area contributed by atoms with Crippen LogP contribution in [-0.2, 0) is 6.42 Å². The van der Waals surface area contributed by atoms with Gasteiger partial charge in [0.2, 0.25) is 0 Å². The fraction of sp³-hybridized carbons (Fsp3) is 0.571. The van der Waals surface area contributed by atoms with Crippen LogP contribution in [0.4, 0.5) is 5.69 Å². The number of hydrogen-bond donors (Lipinski definition) is 1. The Labute approximate surface area is 98.6 Å². The van der Waals surface area contributed by atoms with Crippen LogP contribution >= 0.6 is 0 Å². The Balaban J connectivity index is 2.35. The highest BCUT2D eigenvalue weighted by atomic mass is 15.6. The molecule has 2 heteroatoms. The second-order valence-corrected chi connectivity index (χ2v) is 6.32. The van der Waals surface area contributed by atoms with Gasteiger partial charge in [0.1, 0.15) is 0 Å². The van der Waals surface area contributed by atoms with E-state index in [2.05, 4.69) is 69.3 Å². The predicted molar refractivity (Wildman–Crippen MR) is 69.6 cm³/mol. The minimum Gasteiger partial charge on any atom is -0.302 e. The largest absolute Gasteiger partial charge is 0.302 e. The number of benzene rings is 1. The molecule has 0 unspecified atom stereocenters. The van der Waals surface area contributed by atoms with E-state index in [4.69, 9.17) is 0 Å². The highest BCUT2D eigenvalue weighted by Gasteiger charge is 2.37. The molecule has 0 aromatic heterocycles. The van der Waals surface area contributed by atoms with Crippen LogP contribution in [0.5, 0.6) is 0 Å². The van der Waals surface area contributed by atoms with Gasteiger partial charge in [0.15, 0.2) is 0 Å². The van der Waals surface area contributed by atoms with E-state index in [1.807, 2.05) is 0 Å². The molecule has 1 aliphatic heterocycles. The van der Waals surface area contributed by atoms with Gasteiger partial charge in [-0.3, -0.25) is 0 Å². The topological polar surface area (TPSA) is 15.3 Å². The van der Waals surface area contributed by atoms with Gasteiger partial charge in [-0.05, 0) is 52.7 Å². The molecule has 2 nitrogen and oxygen atoms in total. The quantitative estimate of drug-likeness (QED) is 0.779. The van der Waals surface area contributed by atoms with Gasteiger partial charge < -0.3 is 5.01 Å². The van der Waals surface area contributed by atoms with Crippen LogP contribution in [0.3, 0.4) is 0 Å². The predicted octanol–water partition coefficient (Wildman–Crippen LogP) is 3.13. The summed E-state index contributed by atoms with van der Waals surface area (Å²) in [6.45, 7) is 11.2. The van der Waals surface area contributed by atoms with E-state index in [0.717, 1.165) is 6.42 Å². The van der Waals surface area contributed by atoms with Gasteiger partial charge in [-0.2, -0.15) is 0 Å². The van der Waals surface area contributed by atoms with E-state index in [-0.39, 0.29) is 11.1 Å². The monoisotopic (exact) mass is 218 g/mol. The van der Waals surface area contributed by atoms with Crippen LogP contribution in [0.25, 0.3) is 0 Å². The lowest BCUT2D eigenvalue weighted by molar-refractivity contribution is 0.337. The maximum Gasteiger partial charge on any atom is 0.0559 e. The minimum absolute atomic E-state index is 0.0920. The van der Waals surface area contributed by atoms with E-state index in [9.17, 15) is 0 Å². The number of nitrogens with one attached hydrogen (secondary N) is 1. The first-order valence-electron chi connectivity index (χ1n) is 5.96. The highest BCUT2D eigenvalue weighted by molar-refractivity contribution is 5.60. The standard InChI is InChI=1S/C14H22N2/c1-13(2,3)15-16-12-9-7-6-8-11(12)10-14(16,4)5/h6-9,15H,10H2,1-5H3. The van der Waals surface area contributed by atoms with Crippen LogP contribution in [-0.4, -0.2) is 11.1 Å². The van der Waals surface area contributed by atoms with E-state index in [1.54, 1.807) is 0 Å². The summed E-state index contributed by atoms with van der Waals surface area (Å²) in [5, 5.41) is 2.32. The van der Waals surface area contributed by atoms with Crippen molar-refractivity contribution >= 4 is 5.69 Å². The first-order chi connectivity index (χ1) is 7.30. The molecule has 0 saturated carbocycles. The van der Waals surface area contributed by atoms with Crippen LogP contribution in [0.1, 0.15) is 40.2 Å². The van der Waals surface area contributed by atoms with Gasteiger partial charge in [0.05, 0.1) is 11.2 Å².